The normalized spacial score (nSPS) is 14.9. The van der Waals surface area contributed by atoms with E-state index in [-0.39, 0.29) is 0 Å². The molecule has 0 bridgehead atoms. The molecular weight excluding hydrogens is 124 g/mol. The molecule has 0 amide bonds. The van der Waals surface area contributed by atoms with Gasteiger partial charge in [-0.05, 0) is 6.42 Å². The lowest BCUT2D eigenvalue weighted by molar-refractivity contribution is 0.242. The summed E-state index contributed by atoms with van der Waals surface area (Å²) in [6.45, 7) is 1.87. The van der Waals surface area contributed by atoms with Crippen LogP contribution in [0.15, 0.2) is 4.40 Å². The largest absolute Gasteiger partial charge is 0.387 e. The number of nitrogens with zero attached hydrogens (tertiary/aromatic N) is 1. The van der Waals surface area contributed by atoms with E-state index in [2.05, 4.69) is 4.40 Å². The van der Waals surface area contributed by atoms with Gasteiger partial charge in [-0.15, -0.1) is 0 Å². The van der Waals surface area contributed by atoms with Crippen LogP contribution in [0.2, 0.25) is 0 Å². The summed E-state index contributed by atoms with van der Waals surface area (Å²) in [5, 5.41) is 13.7. The third-order valence-electron chi connectivity index (χ3n) is 0.712. The number of hydrogen-bond acceptors (Lipinski definition) is 4. The lowest BCUT2D eigenvalue weighted by atomic mass is 10.3. The van der Waals surface area contributed by atoms with E-state index in [0.29, 0.717) is 6.42 Å². The van der Waals surface area contributed by atoms with E-state index in [9.17, 15) is 0 Å². The van der Waals surface area contributed by atoms with E-state index in [1.165, 1.54) is 6.21 Å². The summed E-state index contributed by atoms with van der Waals surface area (Å²) in [6.07, 6.45) is 1.67. The Kier molecular flexibility index (Phi) is 5.05. The average molecular weight is 134 g/mol. The summed E-state index contributed by atoms with van der Waals surface area (Å²) < 4.78 is 3.56. The zero-order valence-corrected chi connectivity index (χ0v) is 5.56. The number of aliphatic hydroxyl groups excluding tert-OH is 1. The van der Waals surface area contributed by atoms with Gasteiger partial charge in [-0.2, -0.15) is 0 Å². The van der Waals surface area contributed by atoms with E-state index in [1.54, 1.807) is 0 Å². The van der Waals surface area contributed by atoms with Crippen LogP contribution in [-0.2, 0) is 0 Å². The molecule has 48 valence electrons. The topological polar surface area (TPSA) is 58.6 Å². The van der Waals surface area contributed by atoms with Crippen LogP contribution in [0.4, 0.5) is 0 Å². The summed E-state index contributed by atoms with van der Waals surface area (Å²) in [6, 6.07) is 0. The molecule has 0 radical (unpaired) electrons. The third-order valence-corrected chi connectivity index (χ3v) is 0.956. The van der Waals surface area contributed by atoms with Gasteiger partial charge in [0, 0.05) is 6.21 Å². The van der Waals surface area contributed by atoms with Gasteiger partial charge < -0.3 is 5.11 Å². The Morgan fingerprint density at radius 3 is 3.00 bits per heavy atom. The van der Waals surface area contributed by atoms with Crippen LogP contribution < -0.4 is 5.14 Å². The van der Waals surface area contributed by atoms with Gasteiger partial charge in [0.05, 0.1) is 18.2 Å². The summed E-state index contributed by atoms with van der Waals surface area (Å²) in [7, 11) is 0. The Bertz CT molecular complexity index is 76.4. The molecule has 0 fully saturated rings. The highest BCUT2D eigenvalue weighted by atomic mass is 32.2. The van der Waals surface area contributed by atoms with E-state index < -0.39 is 6.10 Å². The highest BCUT2D eigenvalue weighted by molar-refractivity contribution is 7.95. The van der Waals surface area contributed by atoms with Gasteiger partial charge in [0.1, 0.15) is 0 Å². The first-order valence-electron chi connectivity index (χ1n) is 2.38. The van der Waals surface area contributed by atoms with E-state index >= 15 is 0 Å². The molecule has 0 aromatic rings. The minimum absolute atomic E-state index is 0.439. The van der Waals surface area contributed by atoms with Gasteiger partial charge in [-0.1, -0.05) is 6.92 Å². The molecule has 4 heteroatoms. The Morgan fingerprint density at radius 2 is 2.62 bits per heavy atom. The van der Waals surface area contributed by atoms with Gasteiger partial charge >= 0.3 is 0 Å². The molecular formula is C4H10N2OS. The van der Waals surface area contributed by atoms with Crippen LogP contribution in [-0.4, -0.2) is 17.4 Å². The SMILES string of the molecule is CCC(O)C=NSN. The van der Waals surface area contributed by atoms with Crippen LogP contribution in [0.3, 0.4) is 0 Å². The molecule has 0 aromatic carbocycles. The van der Waals surface area contributed by atoms with Crippen molar-refractivity contribution in [1.29, 1.82) is 0 Å². The molecule has 0 saturated carbocycles. The van der Waals surface area contributed by atoms with Gasteiger partial charge in [0.15, 0.2) is 0 Å². The fraction of sp³-hybridized carbons (Fsp3) is 0.750. The second kappa shape index (κ2) is 5.08. The molecule has 0 heterocycles. The average Bonchev–Trinajstić information content (AvgIpc) is 1.83. The second-order valence-electron chi connectivity index (χ2n) is 1.34. The van der Waals surface area contributed by atoms with Crippen LogP contribution in [0.1, 0.15) is 13.3 Å². The summed E-state index contributed by atoms with van der Waals surface area (Å²) in [5.74, 6) is 0. The molecule has 8 heavy (non-hydrogen) atoms. The summed E-state index contributed by atoms with van der Waals surface area (Å²) >= 11 is 0.855. The van der Waals surface area contributed by atoms with Gasteiger partial charge in [0.2, 0.25) is 0 Å². The first-order chi connectivity index (χ1) is 3.81. The van der Waals surface area contributed by atoms with Crippen LogP contribution in [0.5, 0.6) is 0 Å². The number of aliphatic hydroxyl groups is 1. The maximum Gasteiger partial charge on any atom is 0.0895 e. The van der Waals surface area contributed by atoms with Gasteiger partial charge in [-0.25, -0.2) is 4.40 Å². The maximum absolute atomic E-state index is 8.77. The molecule has 1 unspecified atom stereocenters. The lowest BCUT2D eigenvalue weighted by Crippen LogP contribution is -2.04. The Balaban J connectivity index is 3.21. The third kappa shape index (κ3) is 4.11. The zero-order chi connectivity index (χ0) is 6.41. The maximum atomic E-state index is 8.77. The molecule has 0 aromatic heterocycles. The Hall–Kier alpha value is -0.0600. The van der Waals surface area contributed by atoms with E-state index in [0.717, 1.165) is 12.1 Å². The predicted octanol–water partition coefficient (Wildman–Crippen LogP) is 0.350. The quantitative estimate of drug-likeness (QED) is 0.432. The first-order valence-corrected chi connectivity index (χ1v) is 3.22. The fourth-order valence-corrected chi connectivity index (χ4v) is 0.422. The van der Waals surface area contributed by atoms with Crippen molar-refractivity contribution in [3.8, 4) is 0 Å². The highest BCUT2D eigenvalue weighted by Crippen LogP contribution is 1.89. The van der Waals surface area contributed by atoms with Crippen molar-refractivity contribution < 1.29 is 5.11 Å². The van der Waals surface area contributed by atoms with Crippen molar-refractivity contribution in [2.24, 2.45) is 9.54 Å². The standard InChI is InChI=1S/C4H10N2OS/c1-2-4(7)3-6-8-5/h3-4,7H,2,5H2,1H3. The smallest absolute Gasteiger partial charge is 0.0895 e. The van der Waals surface area contributed by atoms with Crippen molar-refractivity contribution in [3.05, 3.63) is 0 Å². The number of nitrogens with two attached hydrogens (primary N) is 1. The molecule has 3 nitrogen and oxygen atoms in total. The predicted molar refractivity (Wildman–Crippen MR) is 36.6 cm³/mol. The summed E-state index contributed by atoms with van der Waals surface area (Å²) in [5.41, 5.74) is 0. The Morgan fingerprint density at radius 1 is 2.00 bits per heavy atom. The highest BCUT2D eigenvalue weighted by Gasteiger charge is 1.90. The fourth-order valence-electron chi connectivity index (χ4n) is 0.211. The minimum atomic E-state index is -0.439. The molecule has 0 aliphatic rings. The molecule has 0 aliphatic heterocycles. The van der Waals surface area contributed by atoms with E-state index in [1.807, 2.05) is 6.92 Å². The lowest BCUT2D eigenvalue weighted by Gasteiger charge is -1.94. The summed E-state index contributed by atoms with van der Waals surface area (Å²) in [4.78, 5) is 0. The van der Waals surface area contributed by atoms with Gasteiger partial charge in [-0.3, -0.25) is 5.14 Å². The van der Waals surface area contributed by atoms with Crippen LogP contribution >= 0.6 is 12.1 Å². The van der Waals surface area contributed by atoms with Crippen LogP contribution in [0, 0.1) is 0 Å². The van der Waals surface area contributed by atoms with E-state index in [4.69, 9.17) is 10.2 Å². The molecule has 0 saturated heterocycles. The van der Waals surface area contributed by atoms with Crippen molar-refractivity contribution in [1.82, 2.24) is 0 Å². The monoisotopic (exact) mass is 134 g/mol. The second-order valence-corrected chi connectivity index (χ2v) is 1.76. The Labute approximate surface area is 53.3 Å². The number of rotatable bonds is 3. The first kappa shape index (κ1) is 7.94. The molecule has 0 spiro atoms. The van der Waals surface area contributed by atoms with Crippen molar-refractivity contribution in [3.63, 3.8) is 0 Å². The van der Waals surface area contributed by atoms with Crippen molar-refractivity contribution in [2.75, 3.05) is 0 Å². The molecule has 1 atom stereocenters. The molecule has 0 rings (SSSR count). The van der Waals surface area contributed by atoms with Crippen molar-refractivity contribution >= 4 is 18.3 Å². The van der Waals surface area contributed by atoms with Crippen molar-refractivity contribution in [2.45, 2.75) is 19.4 Å². The van der Waals surface area contributed by atoms with Gasteiger partial charge in [0.25, 0.3) is 0 Å². The van der Waals surface area contributed by atoms with Crippen LogP contribution in [0.25, 0.3) is 0 Å². The minimum Gasteiger partial charge on any atom is -0.387 e. The zero-order valence-electron chi connectivity index (χ0n) is 4.74. The number of hydrogen-bond donors (Lipinski definition) is 2. The molecule has 0 aliphatic carbocycles. The molecule has 3 N–H and O–H groups in total.